The van der Waals surface area contributed by atoms with Gasteiger partial charge in [-0.25, -0.2) is 0 Å². The Morgan fingerprint density at radius 1 is 1.12 bits per heavy atom. The SMILES string of the molecule is OCC(O)CO.[Na+].[OH-]. The van der Waals surface area contributed by atoms with E-state index in [1.54, 1.807) is 0 Å². The molecule has 4 nitrogen and oxygen atoms in total. The van der Waals surface area contributed by atoms with Gasteiger partial charge >= 0.3 is 29.6 Å². The predicted molar refractivity (Wildman–Crippen MR) is 22.1 cm³/mol. The largest absolute Gasteiger partial charge is 1.00 e. The van der Waals surface area contributed by atoms with Crippen LogP contribution in [-0.4, -0.2) is 40.1 Å². The Bertz CT molecular complexity index is 30.5. The quantitative estimate of drug-likeness (QED) is 0.329. The maximum Gasteiger partial charge on any atom is 1.00 e. The number of aliphatic hydroxyl groups excluding tert-OH is 3. The van der Waals surface area contributed by atoms with Crippen molar-refractivity contribution >= 4 is 0 Å². The van der Waals surface area contributed by atoms with Crippen LogP contribution in [0.15, 0.2) is 0 Å². The van der Waals surface area contributed by atoms with Gasteiger partial charge in [0.05, 0.1) is 13.2 Å². The first kappa shape index (κ1) is 15.9. The van der Waals surface area contributed by atoms with Crippen molar-refractivity contribution in [1.29, 1.82) is 0 Å². The summed E-state index contributed by atoms with van der Waals surface area (Å²) in [5.41, 5.74) is 0. The average molecular weight is 132 g/mol. The summed E-state index contributed by atoms with van der Waals surface area (Å²) in [6.45, 7) is -0.729. The van der Waals surface area contributed by atoms with Crippen molar-refractivity contribution in [2.75, 3.05) is 13.2 Å². The van der Waals surface area contributed by atoms with E-state index in [9.17, 15) is 0 Å². The van der Waals surface area contributed by atoms with Crippen molar-refractivity contribution < 1.29 is 50.4 Å². The third-order valence-electron chi connectivity index (χ3n) is 0.421. The summed E-state index contributed by atoms with van der Waals surface area (Å²) in [6, 6.07) is 0. The second-order valence-corrected chi connectivity index (χ2v) is 1.02. The van der Waals surface area contributed by atoms with Crippen LogP contribution in [0.4, 0.5) is 0 Å². The Balaban J connectivity index is -0.000000125. The molecule has 0 bridgehead atoms. The van der Waals surface area contributed by atoms with Crippen LogP contribution in [0.25, 0.3) is 0 Å². The molecule has 46 valence electrons. The summed E-state index contributed by atoms with van der Waals surface area (Å²) in [5.74, 6) is 0. The summed E-state index contributed by atoms with van der Waals surface area (Å²) in [6.07, 6.45) is -0.954. The molecule has 0 aliphatic heterocycles. The molecule has 0 aliphatic carbocycles. The van der Waals surface area contributed by atoms with Gasteiger partial charge in [0.2, 0.25) is 0 Å². The van der Waals surface area contributed by atoms with E-state index in [4.69, 9.17) is 15.3 Å². The molecule has 0 aromatic carbocycles. The van der Waals surface area contributed by atoms with Crippen molar-refractivity contribution in [2.45, 2.75) is 6.10 Å². The van der Waals surface area contributed by atoms with Gasteiger partial charge in [0, 0.05) is 0 Å². The van der Waals surface area contributed by atoms with Crippen molar-refractivity contribution in [3.8, 4) is 0 Å². The standard InChI is InChI=1S/C3H8O3.Na.H2O/c4-1-3(6)2-5;;/h3-6H,1-2H2;;1H2/q;+1;/p-1. The molecule has 0 unspecified atom stereocenters. The van der Waals surface area contributed by atoms with Crippen LogP contribution in [0.3, 0.4) is 0 Å². The van der Waals surface area contributed by atoms with E-state index >= 15 is 0 Å². The maximum atomic E-state index is 8.17. The van der Waals surface area contributed by atoms with Gasteiger partial charge in [0.25, 0.3) is 0 Å². The van der Waals surface area contributed by atoms with Crippen molar-refractivity contribution in [2.24, 2.45) is 0 Å². The molecule has 0 aromatic rings. The zero-order valence-corrected chi connectivity index (χ0v) is 6.78. The van der Waals surface area contributed by atoms with E-state index in [2.05, 4.69) is 0 Å². The first-order valence-corrected chi connectivity index (χ1v) is 1.71. The van der Waals surface area contributed by atoms with Crippen molar-refractivity contribution in [1.82, 2.24) is 0 Å². The molecular formula is C3H9NaO4. The summed E-state index contributed by atoms with van der Waals surface area (Å²) in [4.78, 5) is 0. The zero-order valence-electron chi connectivity index (χ0n) is 4.78. The first-order valence-electron chi connectivity index (χ1n) is 1.71. The summed E-state index contributed by atoms with van der Waals surface area (Å²) < 4.78 is 0. The minimum absolute atomic E-state index is 0. The second-order valence-electron chi connectivity index (χ2n) is 1.02. The normalized spacial score (nSPS) is 7.50. The molecule has 0 saturated heterocycles. The van der Waals surface area contributed by atoms with E-state index in [-0.39, 0.29) is 48.2 Å². The Hall–Kier alpha value is 0.840. The number of rotatable bonds is 2. The monoisotopic (exact) mass is 132 g/mol. The number of aliphatic hydroxyl groups is 3. The average Bonchev–Trinajstić information content (AvgIpc) is 1.65. The molecule has 0 radical (unpaired) electrons. The van der Waals surface area contributed by atoms with Gasteiger partial charge < -0.3 is 20.8 Å². The fourth-order valence-electron chi connectivity index (χ4n) is 0.0577. The number of hydrogen-bond acceptors (Lipinski definition) is 4. The van der Waals surface area contributed by atoms with Crippen LogP contribution in [-0.2, 0) is 0 Å². The molecule has 0 amide bonds. The van der Waals surface area contributed by atoms with E-state index in [0.717, 1.165) is 0 Å². The molecule has 0 rings (SSSR count). The topological polar surface area (TPSA) is 90.7 Å². The Labute approximate surface area is 69.7 Å². The molecule has 0 spiro atoms. The Morgan fingerprint density at radius 3 is 1.38 bits per heavy atom. The zero-order chi connectivity index (χ0) is 4.99. The van der Waals surface area contributed by atoms with Crippen LogP contribution in [0.2, 0.25) is 0 Å². The van der Waals surface area contributed by atoms with E-state index in [1.807, 2.05) is 0 Å². The minimum Gasteiger partial charge on any atom is -0.870 e. The van der Waals surface area contributed by atoms with Gasteiger partial charge in [-0.05, 0) is 0 Å². The smallest absolute Gasteiger partial charge is 0.870 e. The van der Waals surface area contributed by atoms with Gasteiger partial charge in [-0.3, -0.25) is 0 Å². The molecule has 0 atom stereocenters. The minimum atomic E-state index is -0.954. The molecule has 5 heteroatoms. The van der Waals surface area contributed by atoms with Crippen molar-refractivity contribution in [3.05, 3.63) is 0 Å². The van der Waals surface area contributed by atoms with Gasteiger partial charge in [-0.15, -0.1) is 0 Å². The summed E-state index contributed by atoms with van der Waals surface area (Å²) >= 11 is 0. The van der Waals surface area contributed by atoms with Gasteiger partial charge in [-0.2, -0.15) is 0 Å². The molecule has 0 aromatic heterocycles. The number of hydrogen-bond donors (Lipinski definition) is 3. The molecule has 0 aliphatic rings. The summed E-state index contributed by atoms with van der Waals surface area (Å²) in [7, 11) is 0. The molecule has 4 N–H and O–H groups in total. The van der Waals surface area contributed by atoms with E-state index < -0.39 is 6.10 Å². The predicted octanol–water partition coefficient (Wildman–Crippen LogP) is -4.84. The molecule has 8 heavy (non-hydrogen) atoms. The molecule has 0 heterocycles. The van der Waals surface area contributed by atoms with Gasteiger partial charge in [0.15, 0.2) is 0 Å². The van der Waals surface area contributed by atoms with Crippen LogP contribution < -0.4 is 29.6 Å². The van der Waals surface area contributed by atoms with Crippen molar-refractivity contribution in [3.63, 3.8) is 0 Å². The van der Waals surface area contributed by atoms with E-state index in [0.29, 0.717) is 0 Å². The first-order chi connectivity index (χ1) is 2.81. The van der Waals surface area contributed by atoms with Crippen LogP contribution >= 0.6 is 0 Å². The van der Waals surface area contributed by atoms with Crippen LogP contribution in [0.5, 0.6) is 0 Å². The third kappa shape index (κ3) is 9.96. The summed E-state index contributed by atoms with van der Waals surface area (Å²) in [5, 5.41) is 24.0. The third-order valence-corrected chi connectivity index (χ3v) is 0.421. The fourth-order valence-corrected chi connectivity index (χ4v) is 0.0577. The molecule has 0 saturated carbocycles. The van der Waals surface area contributed by atoms with Gasteiger partial charge in [0.1, 0.15) is 6.10 Å². The Kier molecular flexibility index (Phi) is 21.4. The maximum absolute atomic E-state index is 8.17. The fraction of sp³-hybridized carbons (Fsp3) is 1.00. The van der Waals surface area contributed by atoms with Crippen LogP contribution in [0, 0.1) is 0 Å². The van der Waals surface area contributed by atoms with Gasteiger partial charge in [-0.1, -0.05) is 0 Å². The van der Waals surface area contributed by atoms with Crippen LogP contribution in [0.1, 0.15) is 0 Å². The second kappa shape index (κ2) is 10.8. The molecular weight excluding hydrogens is 123 g/mol. The van der Waals surface area contributed by atoms with E-state index in [1.165, 1.54) is 0 Å². The molecule has 0 fully saturated rings. The Morgan fingerprint density at radius 2 is 1.38 bits per heavy atom.